The zero-order chi connectivity index (χ0) is 27.0. The minimum atomic E-state index is -0.959. The van der Waals surface area contributed by atoms with E-state index in [-0.39, 0.29) is 30.1 Å². The quantitative estimate of drug-likeness (QED) is 0.254. The highest BCUT2D eigenvalue weighted by Gasteiger charge is 2.20. The molecule has 0 aliphatic heterocycles. The first-order valence-corrected chi connectivity index (χ1v) is 12.5. The second-order valence-electron chi connectivity index (χ2n) is 10.0. The van der Waals surface area contributed by atoms with Crippen molar-refractivity contribution in [3.05, 3.63) is 94.3 Å². The molecule has 5 N–H and O–H groups in total. The largest absolute Gasteiger partial charge is 0.478 e. The Hall–Kier alpha value is -3.10. The molecule has 0 aliphatic rings. The third-order valence-electron chi connectivity index (χ3n) is 6.41. The fourth-order valence-electron chi connectivity index (χ4n) is 4.43. The normalized spacial score (nSPS) is 12.5. The van der Waals surface area contributed by atoms with Gasteiger partial charge in [-0.1, -0.05) is 42.5 Å². The molecule has 37 heavy (non-hydrogen) atoms. The first kappa shape index (κ1) is 28.5. The maximum atomic E-state index is 14.1. The van der Waals surface area contributed by atoms with Crippen molar-refractivity contribution in [2.75, 3.05) is 19.8 Å². The molecule has 0 amide bonds. The van der Waals surface area contributed by atoms with E-state index in [0.29, 0.717) is 31.6 Å². The maximum Gasteiger partial charge on any atom is 0.335 e. The number of β-amino-alcohol motifs (C(OH)–C–C–N with tert-alkyl or cyclic N) is 1. The summed E-state index contributed by atoms with van der Waals surface area (Å²) >= 11 is 0. The van der Waals surface area contributed by atoms with E-state index >= 15 is 0 Å². The zero-order valence-electron chi connectivity index (χ0n) is 21.8. The first-order chi connectivity index (χ1) is 17.6. The molecule has 0 radical (unpaired) electrons. The number of aryl methyl sites for hydroxylation is 1. The Morgan fingerprint density at radius 1 is 1.14 bits per heavy atom. The van der Waals surface area contributed by atoms with Crippen molar-refractivity contribution in [1.82, 2.24) is 5.32 Å². The molecule has 3 aromatic rings. The van der Waals surface area contributed by atoms with E-state index in [4.69, 9.17) is 10.5 Å². The molecule has 198 valence electrons. The van der Waals surface area contributed by atoms with Crippen LogP contribution in [0.4, 0.5) is 4.39 Å². The Balaban J connectivity index is 1.52. The highest BCUT2D eigenvalue weighted by Crippen LogP contribution is 2.28. The van der Waals surface area contributed by atoms with Crippen LogP contribution in [0.2, 0.25) is 0 Å². The van der Waals surface area contributed by atoms with Gasteiger partial charge < -0.3 is 26.0 Å². The van der Waals surface area contributed by atoms with Crippen molar-refractivity contribution in [1.29, 1.82) is 0 Å². The summed E-state index contributed by atoms with van der Waals surface area (Å²) in [5.74, 6) is -1.26. The van der Waals surface area contributed by atoms with E-state index in [9.17, 15) is 19.4 Å². The SMILES string of the molecule is Cc1cc(C(=O)O)cc(-c2ccccc2)c1CCOC[C@H](O)CNC(C)(C)Cc1ccc(CN)c(F)c1. The summed E-state index contributed by atoms with van der Waals surface area (Å²) in [7, 11) is 0. The molecule has 0 bridgehead atoms. The van der Waals surface area contributed by atoms with Gasteiger partial charge in [0.2, 0.25) is 0 Å². The average Bonchev–Trinajstić information content (AvgIpc) is 2.86. The molecule has 0 aromatic heterocycles. The molecule has 0 spiro atoms. The second kappa shape index (κ2) is 12.9. The number of nitrogens with two attached hydrogens (primary N) is 1. The predicted octanol–water partition coefficient (Wildman–Crippen LogP) is 4.49. The molecular weight excluding hydrogens is 471 g/mol. The van der Waals surface area contributed by atoms with E-state index < -0.39 is 12.1 Å². The van der Waals surface area contributed by atoms with Gasteiger partial charge >= 0.3 is 5.97 Å². The number of carboxylic acids is 1. The number of carbonyl (C=O) groups is 1. The van der Waals surface area contributed by atoms with Gasteiger partial charge in [-0.25, -0.2) is 9.18 Å². The number of aromatic carboxylic acids is 1. The van der Waals surface area contributed by atoms with Gasteiger partial charge in [0.05, 0.1) is 24.9 Å². The molecule has 0 aliphatic carbocycles. The van der Waals surface area contributed by atoms with Crippen molar-refractivity contribution in [2.45, 2.75) is 51.8 Å². The lowest BCUT2D eigenvalue weighted by Crippen LogP contribution is -2.46. The summed E-state index contributed by atoms with van der Waals surface area (Å²) in [5, 5.41) is 23.3. The monoisotopic (exact) mass is 508 g/mol. The van der Waals surface area contributed by atoms with Gasteiger partial charge in [0, 0.05) is 24.2 Å². The van der Waals surface area contributed by atoms with Gasteiger partial charge in [-0.05, 0) is 79.6 Å². The van der Waals surface area contributed by atoms with Crippen LogP contribution in [-0.2, 0) is 24.1 Å². The van der Waals surface area contributed by atoms with E-state index in [2.05, 4.69) is 5.32 Å². The van der Waals surface area contributed by atoms with Gasteiger partial charge in [-0.2, -0.15) is 0 Å². The Labute approximate surface area is 218 Å². The van der Waals surface area contributed by atoms with Crippen molar-refractivity contribution in [3.8, 4) is 11.1 Å². The lowest BCUT2D eigenvalue weighted by Gasteiger charge is -2.28. The number of aliphatic hydroxyl groups excluding tert-OH is 1. The lowest BCUT2D eigenvalue weighted by atomic mass is 9.92. The third-order valence-corrected chi connectivity index (χ3v) is 6.41. The number of hydrogen-bond acceptors (Lipinski definition) is 5. The van der Waals surface area contributed by atoms with Gasteiger partial charge in [-0.15, -0.1) is 0 Å². The molecule has 3 rings (SSSR count). The highest BCUT2D eigenvalue weighted by atomic mass is 19.1. The van der Waals surface area contributed by atoms with Gasteiger partial charge in [0.15, 0.2) is 0 Å². The van der Waals surface area contributed by atoms with Crippen molar-refractivity contribution in [3.63, 3.8) is 0 Å². The first-order valence-electron chi connectivity index (χ1n) is 12.5. The average molecular weight is 509 g/mol. The van der Waals surface area contributed by atoms with Crippen LogP contribution in [0, 0.1) is 12.7 Å². The van der Waals surface area contributed by atoms with Crippen LogP contribution in [0.15, 0.2) is 60.7 Å². The molecule has 1 atom stereocenters. The van der Waals surface area contributed by atoms with Crippen LogP contribution in [-0.4, -0.2) is 47.6 Å². The predicted molar refractivity (Wildman–Crippen MR) is 144 cm³/mol. The van der Waals surface area contributed by atoms with Crippen molar-refractivity contribution >= 4 is 5.97 Å². The molecule has 6 nitrogen and oxygen atoms in total. The van der Waals surface area contributed by atoms with Gasteiger partial charge in [0.1, 0.15) is 5.82 Å². The molecule has 7 heteroatoms. The highest BCUT2D eigenvalue weighted by molar-refractivity contribution is 5.90. The minimum Gasteiger partial charge on any atom is -0.478 e. The summed E-state index contributed by atoms with van der Waals surface area (Å²) in [6.07, 6.45) is 0.474. The van der Waals surface area contributed by atoms with Crippen LogP contribution < -0.4 is 11.1 Å². The number of carboxylic acid groups (broad SMARTS) is 1. The third kappa shape index (κ3) is 8.20. The molecule has 0 fully saturated rings. The summed E-state index contributed by atoms with van der Waals surface area (Å²) in [6.45, 7) is 6.97. The Morgan fingerprint density at radius 2 is 1.86 bits per heavy atom. The fourth-order valence-corrected chi connectivity index (χ4v) is 4.43. The number of rotatable bonds is 13. The molecule has 0 unspecified atom stereocenters. The molecular formula is C30H37FN2O4. The number of hydrogen-bond donors (Lipinski definition) is 4. The fraction of sp³-hybridized carbons (Fsp3) is 0.367. The number of aliphatic hydroxyl groups is 1. The van der Waals surface area contributed by atoms with E-state index in [1.165, 1.54) is 6.07 Å². The minimum absolute atomic E-state index is 0.163. The van der Waals surface area contributed by atoms with Crippen molar-refractivity contribution < 1.29 is 24.1 Å². The lowest BCUT2D eigenvalue weighted by molar-refractivity contribution is 0.0348. The molecule has 0 saturated carbocycles. The summed E-state index contributed by atoms with van der Waals surface area (Å²) < 4.78 is 19.8. The Morgan fingerprint density at radius 3 is 2.51 bits per heavy atom. The molecule has 0 saturated heterocycles. The van der Waals surface area contributed by atoms with Crippen LogP contribution in [0.3, 0.4) is 0 Å². The van der Waals surface area contributed by atoms with Gasteiger partial charge in [0.25, 0.3) is 0 Å². The van der Waals surface area contributed by atoms with Crippen LogP contribution in [0.5, 0.6) is 0 Å². The van der Waals surface area contributed by atoms with Crippen LogP contribution in [0.25, 0.3) is 11.1 Å². The van der Waals surface area contributed by atoms with E-state index in [0.717, 1.165) is 27.8 Å². The Kier molecular flexibility index (Phi) is 9.94. The van der Waals surface area contributed by atoms with Gasteiger partial charge in [-0.3, -0.25) is 0 Å². The summed E-state index contributed by atoms with van der Waals surface area (Å²) in [5.41, 5.74) is 10.5. The van der Waals surface area contributed by atoms with Crippen LogP contribution >= 0.6 is 0 Å². The van der Waals surface area contributed by atoms with E-state index in [1.807, 2.05) is 57.2 Å². The van der Waals surface area contributed by atoms with Crippen LogP contribution in [0.1, 0.15) is 46.5 Å². The zero-order valence-corrected chi connectivity index (χ0v) is 21.8. The summed E-state index contributed by atoms with van der Waals surface area (Å²) in [4.78, 5) is 11.6. The number of benzene rings is 3. The Bertz CT molecular complexity index is 1200. The molecule has 0 heterocycles. The molecule has 3 aromatic carbocycles. The summed E-state index contributed by atoms with van der Waals surface area (Å²) in [6, 6.07) is 18.2. The number of ether oxygens (including phenoxy) is 1. The second-order valence-corrected chi connectivity index (χ2v) is 10.0. The smallest absolute Gasteiger partial charge is 0.335 e. The number of halogens is 1. The topological polar surface area (TPSA) is 105 Å². The number of nitrogens with one attached hydrogen (secondary N) is 1. The van der Waals surface area contributed by atoms with Crippen molar-refractivity contribution in [2.24, 2.45) is 5.73 Å². The van der Waals surface area contributed by atoms with E-state index in [1.54, 1.807) is 18.2 Å². The standard InChI is InChI=1S/C30H37FN2O4/c1-20-13-24(29(35)36)15-27(22-7-5-4-6-8-22)26(20)11-12-37-19-25(34)18-33-30(2,3)16-21-9-10-23(17-32)28(31)14-21/h4-10,13-15,25,33-34H,11-12,16-19,32H2,1-3H3,(H,35,36)/t25-/m1/s1. The maximum absolute atomic E-state index is 14.1.